The highest BCUT2D eigenvalue weighted by Gasteiger charge is 2.40. The Balaban J connectivity index is 2.78. The number of aliphatic hydroxyl groups is 1. The Morgan fingerprint density at radius 1 is 1.43 bits per heavy atom. The molecule has 80 valence electrons. The summed E-state index contributed by atoms with van der Waals surface area (Å²) in [6.07, 6.45) is -0.618. The van der Waals surface area contributed by atoms with Crippen LogP contribution in [0, 0.1) is 5.92 Å². The van der Waals surface area contributed by atoms with Crippen LogP contribution in [0.3, 0.4) is 0 Å². The summed E-state index contributed by atoms with van der Waals surface area (Å²) in [6, 6.07) is -0.855. The van der Waals surface area contributed by atoms with Gasteiger partial charge in [-0.15, -0.1) is 0 Å². The first-order valence-corrected chi connectivity index (χ1v) is 4.73. The standard InChI is InChI=1S/C9H16N2O3/c1-5(2)7-8(13)10-9(14)11(7)4-6(3)12/h5-7,12H,4H2,1-3H3,(H,10,13,14). The van der Waals surface area contributed by atoms with Crippen LogP contribution in [0.4, 0.5) is 4.79 Å². The van der Waals surface area contributed by atoms with Crippen LogP contribution >= 0.6 is 0 Å². The van der Waals surface area contributed by atoms with Gasteiger partial charge in [-0.3, -0.25) is 10.1 Å². The summed E-state index contributed by atoms with van der Waals surface area (Å²) in [5, 5.41) is 11.4. The first kappa shape index (κ1) is 11.0. The highest BCUT2D eigenvalue weighted by atomic mass is 16.3. The molecule has 5 nitrogen and oxygen atoms in total. The quantitative estimate of drug-likeness (QED) is 0.627. The number of carbonyl (C=O) groups is 2. The van der Waals surface area contributed by atoms with E-state index < -0.39 is 18.2 Å². The van der Waals surface area contributed by atoms with Gasteiger partial charge in [0.05, 0.1) is 6.10 Å². The SMILES string of the molecule is CC(O)CN1C(=O)NC(=O)C1C(C)C. The molecule has 1 saturated heterocycles. The van der Waals surface area contributed by atoms with E-state index >= 15 is 0 Å². The maximum atomic E-state index is 11.4. The fraction of sp³-hybridized carbons (Fsp3) is 0.778. The van der Waals surface area contributed by atoms with Crippen molar-refractivity contribution in [3.63, 3.8) is 0 Å². The van der Waals surface area contributed by atoms with E-state index in [1.165, 1.54) is 4.90 Å². The average molecular weight is 200 g/mol. The molecule has 1 aliphatic heterocycles. The topological polar surface area (TPSA) is 69.6 Å². The summed E-state index contributed by atoms with van der Waals surface area (Å²) in [7, 11) is 0. The number of hydrogen-bond acceptors (Lipinski definition) is 3. The van der Waals surface area contributed by atoms with Crippen LogP contribution in [0.15, 0.2) is 0 Å². The van der Waals surface area contributed by atoms with Gasteiger partial charge in [-0.1, -0.05) is 13.8 Å². The highest BCUT2D eigenvalue weighted by Crippen LogP contribution is 2.16. The van der Waals surface area contributed by atoms with E-state index in [1.807, 2.05) is 13.8 Å². The number of nitrogens with one attached hydrogen (secondary N) is 1. The Bertz CT molecular complexity index is 250. The van der Waals surface area contributed by atoms with E-state index in [4.69, 9.17) is 0 Å². The highest BCUT2D eigenvalue weighted by molar-refractivity contribution is 6.04. The zero-order valence-corrected chi connectivity index (χ0v) is 8.65. The molecule has 0 bridgehead atoms. The third-order valence-electron chi connectivity index (χ3n) is 2.19. The van der Waals surface area contributed by atoms with Crippen molar-refractivity contribution in [1.82, 2.24) is 10.2 Å². The summed E-state index contributed by atoms with van der Waals surface area (Å²) >= 11 is 0. The van der Waals surface area contributed by atoms with E-state index in [9.17, 15) is 14.7 Å². The zero-order chi connectivity index (χ0) is 10.9. The number of nitrogens with zero attached hydrogens (tertiary/aromatic N) is 1. The predicted molar refractivity (Wildman–Crippen MR) is 50.6 cm³/mol. The van der Waals surface area contributed by atoms with Crippen molar-refractivity contribution in [3.8, 4) is 0 Å². The van der Waals surface area contributed by atoms with Crippen molar-refractivity contribution in [1.29, 1.82) is 0 Å². The van der Waals surface area contributed by atoms with Gasteiger partial charge in [-0.05, 0) is 12.8 Å². The van der Waals surface area contributed by atoms with Gasteiger partial charge in [0.25, 0.3) is 5.91 Å². The molecule has 0 aliphatic carbocycles. The summed E-state index contributed by atoms with van der Waals surface area (Å²) in [4.78, 5) is 24.1. The molecule has 1 rings (SSSR count). The van der Waals surface area contributed by atoms with Crippen molar-refractivity contribution in [3.05, 3.63) is 0 Å². The number of aliphatic hydroxyl groups excluding tert-OH is 1. The molecular weight excluding hydrogens is 184 g/mol. The second-order valence-corrected chi connectivity index (χ2v) is 3.98. The Morgan fingerprint density at radius 2 is 2.00 bits per heavy atom. The number of rotatable bonds is 3. The van der Waals surface area contributed by atoms with Crippen LogP contribution in [0.25, 0.3) is 0 Å². The first-order chi connectivity index (χ1) is 6.43. The Kier molecular flexibility index (Phi) is 3.10. The predicted octanol–water partition coefficient (Wildman–Crippen LogP) is -0.0564. The third kappa shape index (κ3) is 2.04. The second kappa shape index (κ2) is 3.96. The molecule has 5 heteroatoms. The van der Waals surface area contributed by atoms with Crippen LogP contribution < -0.4 is 5.32 Å². The van der Waals surface area contributed by atoms with Crippen LogP contribution in [-0.2, 0) is 4.79 Å². The smallest absolute Gasteiger partial charge is 0.324 e. The van der Waals surface area contributed by atoms with Gasteiger partial charge in [-0.25, -0.2) is 4.79 Å². The lowest BCUT2D eigenvalue weighted by Crippen LogP contribution is -2.42. The molecule has 2 N–H and O–H groups in total. The minimum Gasteiger partial charge on any atom is -0.392 e. The second-order valence-electron chi connectivity index (χ2n) is 3.98. The lowest BCUT2D eigenvalue weighted by Gasteiger charge is -2.25. The number of β-amino-alcohol motifs (C(OH)–C–C–N with tert-alkyl or cyclic N) is 1. The summed E-state index contributed by atoms with van der Waals surface area (Å²) in [5.74, 6) is -0.217. The Labute approximate surface area is 83.1 Å². The van der Waals surface area contributed by atoms with E-state index in [2.05, 4.69) is 5.32 Å². The molecule has 0 aromatic rings. The van der Waals surface area contributed by atoms with Crippen LogP contribution in [0.2, 0.25) is 0 Å². The van der Waals surface area contributed by atoms with E-state index in [0.717, 1.165) is 0 Å². The Hall–Kier alpha value is -1.10. The molecule has 14 heavy (non-hydrogen) atoms. The van der Waals surface area contributed by atoms with Gasteiger partial charge in [-0.2, -0.15) is 0 Å². The van der Waals surface area contributed by atoms with Gasteiger partial charge in [0.15, 0.2) is 0 Å². The molecule has 0 aromatic heterocycles. The van der Waals surface area contributed by atoms with Crippen molar-refractivity contribution in [2.45, 2.75) is 32.9 Å². The molecule has 3 amide bonds. The molecule has 0 radical (unpaired) electrons. The van der Waals surface area contributed by atoms with E-state index in [1.54, 1.807) is 6.92 Å². The fourth-order valence-electron chi connectivity index (χ4n) is 1.66. The number of urea groups is 1. The minimum atomic E-state index is -0.618. The summed E-state index contributed by atoms with van der Waals surface area (Å²) < 4.78 is 0. The molecule has 1 fully saturated rings. The Morgan fingerprint density at radius 3 is 2.43 bits per heavy atom. The molecule has 0 spiro atoms. The van der Waals surface area contributed by atoms with Gasteiger partial charge >= 0.3 is 6.03 Å². The zero-order valence-electron chi connectivity index (χ0n) is 8.65. The molecule has 2 unspecified atom stereocenters. The van der Waals surface area contributed by atoms with Crippen LogP contribution in [0.5, 0.6) is 0 Å². The van der Waals surface area contributed by atoms with Crippen molar-refractivity contribution >= 4 is 11.9 Å². The summed E-state index contributed by atoms with van der Waals surface area (Å²) in [5.41, 5.74) is 0. The van der Waals surface area contributed by atoms with Gasteiger partial charge < -0.3 is 10.0 Å². The van der Waals surface area contributed by atoms with Gasteiger partial charge in [0.2, 0.25) is 0 Å². The molecule has 1 heterocycles. The maximum absolute atomic E-state index is 11.4. The fourth-order valence-corrected chi connectivity index (χ4v) is 1.66. The summed E-state index contributed by atoms with van der Waals surface area (Å²) in [6.45, 7) is 5.53. The largest absolute Gasteiger partial charge is 0.392 e. The van der Waals surface area contributed by atoms with E-state index in [-0.39, 0.29) is 18.4 Å². The van der Waals surface area contributed by atoms with Gasteiger partial charge in [0, 0.05) is 6.54 Å². The maximum Gasteiger partial charge on any atom is 0.324 e. The molecule has 0 saturated carbocycles. The number of carbonyl (C=O) groups excluding carboxylic acids is 2. The monoisotopic (exact) mass is 200 g/mol. The van der Waals surface area contributed by atoms with Crippen molar-refractivity contribution in [2.24, 2.45) is 5.92 Å². The van der Waals surface area contributed by atoms with E-state index in [0.29, 0.717) is 0 Å². The van der Waals surface area contributed by atoms with Crippen molar-refractivity contribution < 1.29 is 14.7 Å². The molecule has 0 aromatic carbocycles. The van der Waals surface area contributed by atoms with Gasteiger partial charge in [0.1, 0.15) is 6.04 Å². The average Bonchev–Trinajstić information content (AvgIpc) is 2.25. The first-order valence-electron chi connectivity index (χ1n) is 4.73. The molecular formula is C9H16N2O3. The van der Waals surface area contributed by atoms with Crippen molar-refractivity contribution in [2.75, 3.05) is 6.54 Å². The lowest BCUT2D eigenvalue weighted by molar-refractivity contribution is -0.122. The molecule has 1 aliphatic rings. The number of hydrogen-bond donors (Lipinski definition) is 2. The lowest BCUT2D eigenvalue weighted by atomic mass is 10.0. The number of amides is 3. The van der Waals surface area contributed by atoms with Crippen LogP contribution in [-0.4, -0.2) is 40.6 Å². The molecule has 2 atom stereocenters. The normalized spacial score (nSPS) is 24.4. The van der Waals surface area contributed by atoms with Crippen LogP contribution in [0.1, 0.15) is 20.8 Å². The third-order valence-corrected chi connectivity index (χ3v) is 2.19. The number of imide groups is 1. The minimum absolute atomic E-state index is 0.0557.